The molecular weight excluding hydrogens is 260 g/mol. The average molecular weight is 286 g/mol. The van der Waals surface area contributed by atoms with Crippen molar-refractivity contribution in [1.82, 2.24) is 4.98 Å². The Morgan fingerprint density at radius 2 is 1.81 bits per heavy atom. The zero-order valence-corrected chi connectivity index (χ0v) is 13.3. The fourth-order valence-electron chi connectivity index (χ4n) is 3.01. The number of benzene rings is 1. The van der Waals surface area contributed by atoms with Gasteiger partial charge in [-0.2, -0.15) is 0 Å². The lowest BCUT2D eigenvalue weighted by Crippen LogP contribution is -2.50. The van der Waals surface area contributed by atoms with Crippen LogP contribution in [0, 0.1) is 0 Å². The highest BCUT2D eigenvalue weighted by Crippen LogP contribution is 2.26. The summed E-state index contributed by atoms with van der Waals surface area (Å²) in [4.78, 5) is 4.72. The Labute approximate surface area is 127 Å². The Bertz CT molecular complexity index is 578. The minimum atomic E-state index is -0.248. The van der Waals surface area contributed by atoms with Gasteiger partial charge in [0, 0.05) is 30.1 Å². The SMILES string of the molecule is CCOC(CC)(CC)C(N)Cc1ccc2ccccc2n1. The molecule has 0 fully saturated rings. The van der Waals surface area contributed by atoms with Gasteiger partial charge in [-0.15, -0.1) is 0 Å². The molecule has 2 rings (SSSR count). The summed E-state index contributed by atoms with van der Waals surface area (Å²) in [5.74, 6) is 0. The molecule has 0 saturated heterocycles. The maximum absolute atomic E-state index is 6.47. The van der Waals surface area contributed by atoms with E-state index >= 15 is 0 Å². The van der Waals surface area contributed by atoms with E-state index in [1.54, 1.807) is 0 Å². The van der Waals surface area contributed by atoms with Gasteiger partial charge in [-0.3, -0.25) is 4.98 Å². The number of nitrogens with zero attached hydrogens (tertiary/aromatic N) is 1. The van der Waals surface area contributed by atoms with E-state index in [0.717, 1.165) is 35.9 Å². The summed E-state index contributed by atoms with van der Waals surface area (Å²) in [5, 5.41) is 1.16. The first-order chi connectivity index (χ1) is 10.1. The Balaban J connectivity index is 2.21. The van der Waals surface area contributed by atoms with E-state index in [4.69, 9.17) is 15.5 Å². The van der Waals surface area contributed by atoms with Gasteiger partial charge in [0.05, 0.1) is 11.1 Å². The number of para-hydroxylation sites is 1. The van der Waals surface area contributed by atoms with Crippen LogP contribution in [0.2, 0.25) is 0 Å². The fraction of sp³-hybridized carbons (Fsp3) is 0.500. The molecule has 114 valence electrons. The van der Waals surface area contributed by atoms with Gasteiger partial charge in [-0.05, 0) is 31.9 Å². The van der Waals surface area contributed by atoms with Gasteiger partial charge >= 0.3 is 0 Å². The highest BCUT2D eigenvalue weighted by Gasteiger charge is 2.34. The third kappa shape index (κ3) is 3.42. The normalized spacial score (nSPS) is 13.5. The van der Waals surface area contributed by atoms with Gasteiger partial charge in [0.25, 0.3) is 0 Å². The Kier molecular flexibility index (Phi) is 5.32. The largest absolute Gasteiger partial charge is 0.374 e. The van der Waals surface area contributed by atoms with Gasteiger partial charge in [0.2, 0.25) is 0 Å². The number of pyridine rings is 1. The minimum Gasteiger partial charge on any atom is -0.374 e. The molecule has 1 heterocycles. The second kappa shape index (κ2) is 7.01. The van der Waals surface area contributed by atoms with Crippen molar-refractivity contribution in [3.63, 3.8) is 0 Å². The third-order valence-electron chi connectivity index (χ3n) is 4.39. The molecule has 21 heavy (non-hydrogen) atoms. The van der Waals surface area contributed by atoms with Crippen LogP contribution in [0.1, 0.15) is 39.3 Å². The first-order valence-corrected chi connectivity index (χ1v) is 7.89. The third-order valence-corrected chi connectivity index (χ3v) is 4.39. The van der Waals surface area contributed by atoms with Crippen LogP contribution in [0.15, 0.2) is 36.4 Å². The van der Waals surface area contributed by atoms with Crippen LogP contribution in [0.25, 0.3) is 10.9 Å². The fourth-order valence-corrected chi connectivity index (χ4v) is 3.01. The Morgan fingerprint density at radius 1 is 1.10 bits per heavy atom. The zero-order chi connectivity index (χ0) is 15.3. The summed E-state index contributed by atoms with van der Waals surface area (Å²) >= 11 is 0. The molecule has 3 heteroatoms. The topological polar surface area (TPSA) is 48.1 Å². The number of fused-ring (bicyclic) bond motifs is 1. The first-order valence-electron chi connectivity index (χ1n) is 7.89. The average Bonchev–Trinajstić information content (AvgIpc) is 2.52. The van der Waals surface area contributed by atoms with Gasteiger partial charge in [0.1, 0.15) is 0 Å². The van der Waals surface area contributed by atoms with Crippen molar-refractivity contribution in [3.8, 4) is 0 Å². The van der Waals surface area contributed by atoms with Crippen molar-refractivity contribution in [2.24, 2.45) is 5.73 Å². The summed E-state index contributed by atoms with van der Waals surface area (Å²) in [7, 11) is 0. The van der Waals surface area contributed by atoms with E-state index in [9.17, 15) is 0 Å². The molecule has 0 amide bonds. The van der Waals surface area contributed by atoms with Crippen molar-refractivity contribution >= 4 is 10.9 Å². The van der Waals surface area contributed by atoms with Crippen LogP contribution in [-0.2, 0) is 11.2 Å². The van der Waals surface area contributed by atoms with Crippen LogP contribution in [0.3, 0.4) is 0 Å². The number of nitrogens with two attached hydrogens (primary N) is 1. The molecular formula is C18H26N2O. The monoisotopic (exact) mass is 286 g/mol. The number of hydrogen-bond acceptors (Lipinski definition) is 3. The van der Waals surface area contributed by atoms with E-state index in [1.807, 2.05) is 25.1 Å². The second-order valence-electron chi connectivity index (χ2n) is 5.51. The molecule has 2 aromatic rings. The maximum atomic E-state index is 6.47. The molecule has 0 radical (unpaired) electrons. The zero-order valence-electron chi connectivity index (χ0n) is 13.3. The Morgan fingerprint density at radius 3 is 2.48 bits per heavy atom. The van der Waals surface area contributed by atoms with E-state index in [2.05, 4.69) is 32.0 Å². The van der Waals surface area contributed by atoms with Crippen molar-refractivity contribution in [1.29, 1.82) is 0 Å². The van der Waals surface area contributed by atoms with Gasteiger partial charge < -0.3 is 10.5 Å². The predicted molar refractivity (Wildman–Crippen MR) is 88.4 cm³/mol. The van der Waals surface area contributed by atoms with Crippen LogP contribution < -0.4 is 5.73 Å². The highest BCUT2D eigenvalue weighted by atomic mass is 16.5. The van der Waals surface area contributed by atoms with Gasteiger partial charge in [0.15, 0.2) is 0 Å². The summed E-state index contributed by atoms with van der Waals surface area (Å²) < 4.78 is 6.00. The molecule has 0 aliphatic rings. The number of ether oxygens (including phenoxy) is 1. The lowest BCUT2D eigenvalue weighted by atomic mass is 9.86. The maximum Gasteiger partial charge on any atom is 0.0831 e. The van der Waals surface area contributed by atoms with Crippen LogP contribution in [0.5, 0.6) is 0 Å². The van der Waals surface area contributed by atoms with Crippen molar-refractivity contribution in [2.75, 3.05) is 6.61 Å². The van der Waals surface area contributed by atoms with E-state index in [0.29, 0.717) is 6.61 Å². The quantitative estimate of drug-likeness (QED) is 0.844. The molecule has 2 N–H and O–H groups in total. The van der Waals surface area contributed by atoms with E-state index in [-0.39, 0.29) is 11.6 Å². The van der Waals surface area contributed by atoms with Crippen molar-refractivity contribution < 1.29 is 4.74 Å². The molecule has 0 bridgehead atoms. The van der Waals surface area contributed by atoms with Crippen LogP contribution in [0.4, 0.5) is 0 Å². The summed E-state index contributed by atoms with van der Waals surface area (Å²) in [6.07, 6.45) is 2.59. The lowest BCUT2D eigenvalue weighted by Gasteiger charge is -2.37. The van der Waals surface area contributed by atoms with Gasteiger partial charge in [-0.1, -0.05) is 38.1 Å². The molecule has 0 spiro atoms. The Hall–Kier alpha value is -1.45. The molecule has 0 aliphatic heterocycles. The number of rotatable bonds is 7. The van der Waals surface area contributed by atoms with Crippen molar-refractivity contribution in [3.05, 3.63) is 42.1 Å². The number of aromatic nitrogens is 1. The summed E-state index contributed by atoms with van der Waals surface area (Å²) in [6.45, 7) is 7.02. The van der Waals surface area contributed by atoms with E-state index < -0.39 is 0 Å². The highest BCUT2D eigenvalue weighted by molar-refractivity contribution is 5.78. The molecule has 1 aromatic heterocycles. The standard InChI is InChI=1S/C18H26N2O/c1-4-18(5-2,21-6-3)17(19)13-15-12-11-14-9-7-8-10-16(14)20-15/h7-12,17H,4-6,13,19H2,1-3H3. The first kappa shape index (κ1) is 15.9. The predicted octanol–water partition coefficient (Wildman–Crippen LogP) is 3.70. The molecule has 0 aliphatic carbocycles. The van der Waals surface area contributed by atoms with Gasteiger partial charge in [-0.25, -0.2) is 0 Å². The summed E-state index contributed by atoms with van der Waals surface area (Å²) in [6, 6.07) is 12.3. The molecule has 3 nitrogen and oxygen atoms in total. The smallest absolute Gasteiger partial charge is 0.0831 e. The molecule has 1 atom stereocenters. The van der Waals surface area contributed by atoms with Crippen molar-refractivity contribution in [2.45, 2.75) is 51.7 Å². The molecule has 1 aromatic carbocycles. The van der Waals surface area contributed by atoms with E-state index in [1.165, 1.54) is 0 Å². The summed E-state index contributed by atoms with van der Waals surface area (Å²) in [5.41, 5.74) is 8.28. The van der Waals surface area contributed by atoms with Crippen LogP contribution in [-0.4, -0.2) is 23.2 Å². The van der Waals surface area contributed by atoms with Crippen LogP contribution >= 0.6 is 0 Å². The minimum absolute atomic E-state index is 0.0406. The lowest BCUT2D eigenvalue weighted by molar-refractivity contribution is -0.0635. The molecule has 1 unspecified atom stereocenters. The molecule has 0 saturated carbocycles. The second-order valence-corrected chi connectivity index (χ2v) is 5.51. The number of hydrogen-bond donors (Lipinski definition) is 1.